The van der Waals surface area contributed by atoms with Crippen molar-refractivity contribution >= 4 is 0 Å². The van der Waals surface area contributed by atoms with E-state index in [1.807, 2.05) is 6.07 Å². The molecule has 18 heavy (non-hydrogen) atoms. The second kappa shape index (κ2) is 5.72. The van der Waals surface area contributed by atoms with Crippen molar-refractivity contribution in [1.82, 2.24) is 5.32 Å². The average Bonchev–Trinajstić information content (AvgIpc) is 2.92. The number of ether oxygens (including phenoxy) is 2. The van der Waals surface area contributed by atoms with Crippen molar-refractivity contribution < 1.29 is 9.47 Å². The molecule has 3 heteroatoms. The summed E-state index contributed by atoms with van der Waals surface area (Å²) in [6.07, 6.45) is 5.12. The van der Waals surface area contributed by atoms with Gasteiger partial charge in [0.15, 0.2) is 0 Å². The van der Waals surface area contributed by atoms with E-state index in [-0.39, 0.29) is 0 Å². The predicted octanol–water partition coefficient (Wildman–Crippen LogP) is 2.67. The Morgan fingerprint density at radius 3 is 3.00 bits per heavy atom. The van der Waals surface area contributed by atoms with Crippen LogP contribution in [0.15, 0.2) is 24.3 Å². The molecule has 3 rings (SSSR count). The standard InChI is InChI=1S/C15H21NO2/c1-2-6-15-13(5-1)14(8-11-18-15)16-9-7-12-4-3-10-17-12/h1-2,5-6,12,14,16H,3-4,7-11H2. The number of para-hydroxylation sites is 1. The third kappa shape index (κ3) is 2.68. The van der Waals surface area contributed by atoms with Gasteiger partial charge in [0.05, 0.1) is 12.7 Å². The number of fused-ring (bicyclic) bond motifs is 1. The zero-order valence-electron chi connectivity index (χ0n) is 10.7. The SMILES string of the molecule is c1ccc2c(c1)OCCC2NCCC1CCCO1. The summed E-state index contributed by atoms with van der Waals surface area (Å²) in [5.74, 6) is 1.04. The maximum absolute atomic E-state index is 5.67. The molecule has 0 aliphatic carbocycles. The summed E-state index contributed by atoms with van der Waals surface area (Å²) < 4.78 is 11.3. The molecule has 0 amide bonds. The van der Waals surface area contributed by atoms with Gasteiger partial charge in [-0.3, -0.25) is 0 Å². The second-order valence-electron chi connectivity index (χ2n) is 5.11. The molecule has 1 N–H and O–H groups in total. The molecular formula is C15H21NO2. The van der Waals surface area contributed by atoms with Crippen LogP contribution in [0.4, 0.5) is 0 Å². The van der Waals surface area contributed by atoms with E-state index in [2.05, 4.69) is 23.5 Å². The summed E-state index contributed by atoms with van der Waals surface area (Å²) in [5.41, 5.74) is 1.30. The Bertz CT molecular complexity index is 388. The van der Waals surface area contributed by atoms with E-state index in [0.717, 1.165) is 38.3 Å². The van der Waals surface area contributed by atoms with Crippen molar-refractivity contribution in [3.63, 3.8) is 0 Å². The van der Waals surface area contributed by atoms with Gasteiger partial charge in [-0.25, -0.2) is 0 Å². The van der Waals surface area contributed by atoms with E-state index >= 15 is 0 Å². The highest BCUT2D eigenvalue weighted by atomic mass is 16.5. The first-order chi connectivity index (χ1) is 8.93. The van der Waals surface area contributed by atoms with Gasteiger partial charge in [-0.2, -0.15) is 0 Å². The first-order valence-electron chi connectivity index (χ1n) is 7.00. The smallest absolute Gasteiger partial charge is 0.124 e. The summed E-state index contributed by atoms with van der Waals surface area (Å²) in [6.45, 7) is 2.79. The van der Waals surface area contributed by atoms with Crippen molar-refractivity contribution in [2.45, 2.75) is 37.8 Å². The zero-order chi connectivity index (χ0) is 12.2. The highest BCUT2D eigenvalue weighted by Gasteiger charge is 2.21. The first-order valence-corrected chi connectivity index (χ1v) is 7.00. The lowest BCUT2D eigenvalue weighted by Crippen LogP contribution is -2.29. The van der Waals surface area contributed by atoms with Crippen LogP contribution < -0.4 is 10.1 Å². The Kier molecular flexibility index (Phi) is 3.81. The van der Waals surface area contributed by atoms with Crippen LogP contribution in [0, 0.1) is 0 Å². The van der Waals surface area contributed by atoms with Gasteiger partial charge in [-0.15, -0.1) is 0 Å². The molecule has 1 aromatic rings. The molecule has 2 atom stereocenters. The van der Waals surface area contributed by atoms with Crippen LogP contribution in [-0.4, -0.2) is 25.9 Å². The Morgan fingerprint density at radius 1 is 1.17 bits per heavy atom. The second-order valence-corrected chi connectivity index (χ2v) is 5.11. The summed E-state index contributed by atoms with van der Waals surface area (Å²) >= 11 is 0. The van der Waals surface area contributed by atoms with Gasteiger partial charge in [0, 0.05) is 24.6 Å². The van der Waals surface area contributed by atoms with Gasteiger partial charge in [0.2, 0.25) is 0 Å². The molecule has 1 fully saturated rings. The molecule has 0 spiro atoms. The molecule has 2 unspecified atom stereocenters. The molecule has 1 saturated heterocycles. The monoisotopic (exact) mass is 247 g/mol. The molecule has 3 nitrogen and oxygen atoms in total. The fraction of sp³-hybridized carbons (Fsp3) is 0.600. The summed E-state index contributed by atoms with van der Waals surface area (Å²) in [5, 5.41) is 3.64. The minimum absolute atomic E-state index is 0.441. The predicted molar refractivity (Wildman–Crippen MR) is 70.9 cm³/mol. The lowest BCUT2D eigenvalue weighted by molar-refractivity contribution is 0.103. The fourth-order valence-corrected chi connectivity index (χ4v) is 2.84. The van der Waals surface area contributed by atoms with Crippen LogP contribution in [-0.2, 0) is 4.74 Å². The van der Waals surface area contributed by atoms with E-state index in [0.29, 0.717) is 12.1 Å². The van der Waals surface area contributed by atoms with Crippen LogP contribution in [0.5, 0.6) is 5.75 Å². The molecule has 0 radical (unpaired) electrons. The maximum atomic E-state index is 5.67. The fourth-order valence-electron chi connectivity index (χ4n) is 2.84. The summed E-state index contributed by atoms with van der Waals surface area (Å²) in [4.78, 5) is 0. The third-order valence-corrected chi connectivity index (χ3v) is 3.84. The Balaban J connectivity index is 1.54. The summed E-state index contributed by atoms with van der Waals surface area (Å²) in [7, 11) is 0. The molecule has 2 heterocycles. The number of hydrogen-bond acceptors (Lipinski definition) is 3. The average molecular weight is 247 g/mol. The topological polar surface area (TPSA) is 30.5 Å². The molecule has 2 aliphatic heterocycles. The number of nitrogens with one attached hydrogen (secondary N) is 1. The summed E-state index contributed by atoms with van der Waals surface area (Å²) in [6, 6.07) is 8.79. The Hall–Kier alpha value is -1.06. The van der Waals surface area contributed by atoms with Crippen molar-refractivity contribution in [3.05, 3.63) is 29.8 Å². The van der Waals surface area contributed by atoms with Gasteiger partial charge < -0.3 is 14.8 Å². The van der Waals surface area contributed by atoms with Gasteiger partial charge in [-0.1, -0.05) is 18.2 Å². The van der Waals surface area contributed by atoms with E-state index < -0.39 is 0 Å². The van der Waals surface area contributed by atoms with Gasteiger partial charge >= 0.3 is 0 Å². The van der Waals surface area contributed by atoms with Crippen LogP contribution in [0.25, 0.3) is 0 Å². The van der Waals surface area contributed by atoms with Crippen LogP contribution in [0.1, 0.15) is 37.3 Å². The zero-order valence-corrected chi connectivity index (χ0v) is 10.7. The van der Waals surface area contributed by atoms with Crippen LogP contribution in [0.3, 0.4) is 0 Å². The minimum Gasteiger partial charge on any atom is -0.493 e. The lowest BCUT2D eigenvalue weighted by atomic mass is 10.0. The third-order valence-electron chi connectivity index (χ3n) is 3.84. The van der Waals surface area contributed by atoms with Crippen molar-refractivity contribution in [1.29, 1.82) is 0 Å². The van der Waals surface area contributed by atoms with Gasteiger partial charge in [0.1, 0.15) is 5.75 Å². The number of benzene rings is 1. The van der Waals surface area contributed by atoms with E-state index in [9.17, 15) is 0 Å². The van der Waals surface area contributed by atoms with Gasteiger partial charge in [0.25, 0.3) is 0 Å². The first kappa shape index (κ1) is 12.0. The van der Waals surface area contributed by atoms with Crippen LogP contribution in [0.2, 0.25) is 0 Å². The van der Waals surface area contributed by atoms with E-state index in [4.69, 9.17) is 9.47 Å². The van der Waals surface area contributed by atoms with E-state index in [1.54, 1.807) is 0 Å². The Morgan fingerprint density at radius 2 is 2.11 bits per heavy atom. The van der Waals surface area contributed by atoms with Crippen molar-refractivity contribution in [2.24, 2.45) is 0 Å². The quantitative estimate of drug-likeness (QED) is 0.887. The lowest BCUT2D eigenvalue weighted by Gasteiger charge is -2.27. The van der Waals surface area contributed by atoms with Gasteiger partial charge in [-0.05, 0) is 31.9 Å². The van der Waals surface area contributed by atoms with E-state index in [1.165, 1.54) is 18.4 Å². The molecule has 0 bridgehead atoms. The maximum Gasteiger partial charge on any atom is 0.124 e. The molecule has 2 aliphatic rings. The number of hydrogen-bond donors (Lipinski definition) is 1. The van der Waals surface area contributed by atoms with Crippen molar-refractivity contribution in [2.75, 3.05) is 19.8 Å². The number of rotatable bonds is 4. The highest BCUT2D eigenvalue weighted by Crippen LogP contribution is 2.31. The molecule has 0 saturated carbocycles. The Labute approximate surface area is 108 Å². The van der Waals surface area contributed by atoms with Crippen LogP contribution >= 0.6 is 0 Å². The highest BCUT2D eigenvalue weighted by molar-refractivity contribution is 5.37. The molecule has 1 aromatic carbocycles. The minimum atomic E-state index is 0.441. The molecular weight excluding hydrogens is 226 g/mol. The molecule has 0 aromatic heterocycles. The largest absolute Gasteiger partial charge is 0.493 e. The molecule has 98 valence electrons. The normalized spacial score (nSPS) is 26.7. The van der Waals surface area contributed by atoms with Crippen molar-refractivity contribution in [3.8, 4) is 5.75 Å².